The van der Waals surface area contributed by atoms with Crippen LogP contribution in [0.5, 0.6) is 0 Å². The van der Waals surface area contributed by atoms with Gasteiger partial charge in [-0.3, -0.25) is 19.2 Å². The van der Waals surface area contributed by atoms with Crippen molar-refractivity contribution < 1.29 is 52.5 Å². The van der Waals surface area contributed by atoms with Crippen LogP contribution in [0.2, 0.25) is 0 Å². The number of ether oxygens (including phenoxy) is 5. The number of carbonyl (C=O) groups is 6. The summed E-state index contributed by atoms with van der Waals surface area (Å²) < 4.78 is 26.4. The molecule has 0 spiro atoms. The molecule has 2 rings (SSSR count). The van der Waals surface area contributed by atoms with Crippen molar-refractivity contribution in [3.8, 4) is 0 Å². The Kier molecular flexibility index (Phi) is 12.6. The van der Waals surface area contributed by atoms with Gasteiger partial charge in [-0.15, -0.1) is 0 Å². The predicted molar refractivity (Wildman–Crippen MR) is 152 cm³/mol. The minimum absolute atomic E-state index is 0.0364. The molecule has 0 N–H and O–H groups in total. The third-order valence-corrected chi connectivity index (χ3v) is 6.21. The summed E-state index contributed by atoms with van der Waals surface area (Å²) in [7, 11) is 0. The van der Waals surface area contributed by atoms with Crippen LogP contribution in [0.15, 0.2) is 60.7 Å². The minimum atomic E-state index is -3.39. The van der Waals surface area contributed by atoms with Gasteiger partial charge < -0.3 is 28.5 Å². The number of esters is 5. The van der Waals surface area contributed by atoms with Crippen LogP contribution in [0.25, 0.3) is 0 Å². The number of hydrogen-bond donors (Lipinski definition) is 0. The summed E-state index contributed by atoms with van der Waals surface area (Å²) in [6.07, 6.45) is 0.858. The zero-order valence-electron chi connectivity index (χ0n) is 25.1. The van der Waals surface area contributed by atoms with E-state index in [1.807, 2.05) is 6.92 Å². The summed E-state index contributed by atoms with van der Waals surface area (Å²) in [6.45, 7) is 6.04. The van der Waals surface area contributed by atoms with Crippen molar-refractivity contribution in [3.05, 3.63) is 71.8 Å². The molecule has 0 heterocycles. The molecule has 0 bridgehead atoms. The fraction of sp³-hybridized carbons (Fsp3) is 0.438. The van der Waals surface area contributed by atoms with E-state index in [4.69, 9.17) is 23.7 Å². The van der Waals surface area contributed by atoms with Gasteiger partial charge in [-0.2, -0.15) is 0 Å². The highest BCUT2D eigenvalue weighted by Gasteiger charge is 2.76. The van der Waals surface area contributed by atoms with Crippen LogP contribution in [0.3, 0.4) is 0 Å². The Morgan fingerprint density at radius 2 is 1.30 bits per heavy atom. The molecule has 0 radical (unpaired) electrons. The van der Waals surface area contributed by atoms with Crippen LogP contribution in [-0.4, -0.2) is 61.6 Å². The van der Waals surface area contributed by atoms with Crippen LogP contribution in [0, 0.1) is 5.41 Å². The van der Waals surface area contributed by atoms with Gasteiger partial charge in [0.2, 0.25) is 0 Å². The second-order valence-electron chi connectivity index (χ2n) is 10.5. The number of carbonyl (C=O) groups excluding carboxylic acids is 6. The topological polar surface area (TPSA) is 149 Å². The van der Waals surface area contributed by atoms with Crippen LogP contribution in [-0.2, 0) is 64.5 Å². The van der Waals surface area contributed by atoms with E-state index in [2.05, 4.69) is 0 Å². The van der Waals surface area contributed by atoms with Crippen LogP contribution in [0.4, 0.5) is 0 Å². The van der Waals surface area contributed by atoms with Crippen molar-refractivity contribution in [1.29, 1.82) is 0 Å². The zero-order valence-corrected chi connectivity index (χ0v) is 25.1. The van der Waals surface area contributed by atoms with Gasteiger partial charge in [0.15, 0.2) is 12.0 Å². The van der Waals surface area contributed by atoms with Crippen molar-refractivity contribution >= 4 is 36.1 Å². The Bertz CT molecular complexity index is 1270. The average molecular weight is 599 g/mol. The molecule has 0 aliphatic carbocycles. The van der Waals surface area contributed by atoms with Crippen LogP contribution < -0.4 is 0 Å². The standard InChI is InChI=1S/C32H38O11/c1-6-8-19-40-27(36)32(29(38)43-30(3,4)5,28(37)41-20-23-15-11-9-12-16-23)31(22-33,24-17-13-10-14-18-24)26(35)42-21-25(34)39-7-2/h9-18,22H,6-8,19-21H2,1-5H3. The summed E-state index contributed by atoms with van der Waals surface area (Å²) in [4.78, 5) is 82.2. The Labute approximate surface area is 250 Å². The second-order valence-corrected chi connectivity index (χ2v) is 10.5. The van der Waals surface area contributed by atoms with Crippen molar-refractivity contribution in [3.63, 3.8) is 0 Å². The van der Waals surface area contributed by atoms with Gasteiger partial charge in [-0.25, -0.2) is 4.79 Å². The lowest BCUT2D eigenvalue weighted by Gasteiger charge is -2.40. The molecule has 232 valence electrons. The van der Waals surface area contributed by atoms with E-state index in [9.17, 15) is 28.8 Å². The van der Waals surface area contributed by atoms with E-state index in [-0.39, 0.29) is 25.1 Å². The fourth-order valence-corrected chi connectivity index (χ4v) is 4.17. The molecule has 0 fully saturated rings. The molecule has 2 unspecified atom stereocenters. The third kappa shape index (κ3) is 8.06. The molecular formula is C32H38O11. The average Bonchev–Trinajstić information content (AvgIpc) is 2.97. The van der Waals surface area contributed by atoms with Gasteiger partial charge in [0, 0.05) is 0 Å². The van der Waals surface area contributed by atoms with Gasteiger partial charge in [-0.1, -0.05) is 74.0 Å². The quantitative estimate of drug-likeness (QED) is 0.0972. The smallest absolute Gasteiger partial charge is 0.344 e. The lowest BCUT2D eigenvalue weighted by atomic mass is 9.59. The molecule has 0 aliphatic heterocycles. The maximum absolute atomic E-state index is 14.3. The van der Waals surface area contributed by atoms with E-state index in [0.717, 1.165) is 0 Å². The van der Waals surface area contributed by atoms with Crippen molar-refractivity contribution in [1.82, 2.24) is 0 Å². The largest absolute Gasteiger partial charge is 0.464 e. The fourth-order valence-electron chi connectivity index (χ4n) is 4.17. The summed E-state index contributed by atoms with van der Waals surface area (Å²) in [5.41, 5.74) is -7.56. The summed E-state index contributed by atoms with van der Waals surface area (Å²) in [5, 5.41) is 0. The van der Waals surface area contributed by atoms with E-state index < -0.39 is 59.5 Å². The van der Waals surface area contributed by atoms with Gasteiger partial charge in [-0.05, 0) is 45.2 Å². The van der Waals surface area contributed by atoms with E-state index in [0.29, 0.717) is 18.4 Å². The Morgan fingerprint density at radius 1 is 0.721 bits per heavy atom. The first kappa shape index (κ1) is 34.7. The molecule has 11 heteroatoms. The van der Waals surface area contributed by atoms with E-state index in [1.165, 1.54) is 52.0 Å². The van der Waals surface area contributed by atoms with Crippen molar-refractivity contribution in [2.75, 3.05) is 19.8 Å². The van der Waals surface area contributed by atoms with Crippen molar-refractivity contribution in [2.45, 2.75) is 65.1 Å². The van der Waals surface area contributed by atoms with Gasteiger partial charge in [0.25, 0.3) is 5.41 Å². The Hall–Kier alpha value is -4.54. The van der Waals surface area contributed by atoms with E-state index >= 15 is 0 Å². The number of hydrogen-bond acceptors (Lipinski definition) is 11. The summed E-state index contributed by atoms with van der Waals surface area (Å²) in [5.74, 6) is -7.27. The molecule has 2 aromatic carbocycles. The highest BCUT2D eigenvalue weighted by Crippen LogP contribution is 2.46. The highest BCUT2D eigenvalue weighted by atomic mass is 16.6. The maximum atomic E-state index is 14.3. The third-order valence-electron chi connectivity index (χ3n) is 6.21. The molecular weight excluding hydrogens is 560 g/mol. The van der Waals surface area contributed by atoms with Crippen LogP contribution in [0.1, 0.15) is 58.6 Å². The molecule has 2 aromatic rings. The molecule has 0 saturated heterocycles. The molecule has 0 amide bonds. The predicted octanol–water partition coefficient (Wildman–Crippen LogP) is 3.64. The van der Waals surface area contributed by atoms with Gasteiger partial charge in [0.1, 0.15) is 18.5 Å². The van der Waals surface area contributed by atoms with Gasteiger partial charge >= 0.3 is 29.8 Å². The van der Waals surface area contributed by atoms with Gasteiger partial charge in [0.05, 0.1) is 13.2 Å². The maximum Gasteiger partial charge on any atom is 0.344 e. The number of aldehydes is 1. The molecule has 0 saturated carbocycles. The van der Waals surface area contributed by atoms with E-state index in [1.54, 1.807) is 36.4 Å². The Morgan fingerprint density at radius 3 is 1.84 bits per heavy atom. The summed E-state index contributed by atoms with van der Waals surface area (Å²) in [6, 6.07) is 15.2. The number of benzene rings is 2. The molecule has 0 aromatic heterocycles. The molecule has 43 heavy (non-hydrogen) atoms. The highest BCUT2D eigenvalue weighted by molar-refractivity contribution is 6.27. The van der Waals surface area contributed by atoms with Crippen molar-refractivity contribution in [2.24, 2.45) is 5.41 Å². The SMILES string of the molecule is CCCCOC(=O)C(C(=O)OCc1ccccc1)(C(=O)OC(C)(C)C)C(C=O)(C(=O)OCC(=O)OCC)c1ccccc1. The monoisotopic (exact) mass is 598 g/mol. The first-order chi connectivity index (χ1) is 20.4. The Balaban J connectivity index is 2.93. The first-order valence-electron chi connectivity index (χ1n) is 13.9. The normalized spacial score (nSPS) is 13.8. The zero-order chi connectivity index (χ0) is 32.1. The van der Waals surface area contributed by atoms with Crippen LogP contribution >= 0.6 is 0 Å². The second kappa shape index (κ2) is 15.6. The first-order valence-corrected chi connectivity index (χ1v) is 13.9. The molecule has 0 aliphatic rings. The lowest BCUT2D eigenvalue weighted by molar-refractivity contribution is -0.202. The number of unbranched alkanes of at least 4 members (excludes halogenated alkanes) is 1. The lowest BCUT2D eigenvalue weighted by Crippen LogP contribution is -2.67. The molecule has 11 nitrogen and oxygen atoms in total. The number of rotatable bonds is 15. The molecule has 2 atom stereocenters. The summed E-state index contributed by atoms with van der Waals surface area (Å²) >= 11 is 0. The minimum Gasteiger partial charge on any atom is -0.464 e.